The van der Waals surface area contributed by atoms with E-state index in [0.29, 0.717) is 13.2 Å². The largest absolute Gasteiger partial charge is 0.480 e. The molecule has 0 aliphatic carbocycles. The van der Waals surface area contributed by atoms with Crippen LogP contribution in [-0.4, -0.2) is 48.5 Å². The molecule has 1 unspecified atom stereocenters. The van der Waals surface area contributed by atoms with E-state index in [-0.39, 0.29) is 18.0 Å². The Morgan fingerprint density at radius 3 is 3.08 bits per heavy atom. The molecule has 1 fully saturated rings. The van der Waals surface area contributed by atoms with E-state index in [1.54, 1.807) is 11.8 Å². The Labute approximate surface area is 75.2 Å². The lowest BCUT2D eigenvalue weighted by atomic mass is 10.3. The van der Waals surface area contributed by atoms with Crippen LogP contribution in [0.4, 0.5) is 0 Å². The van der Waals surface area contributed by atoms with E-state index >= 15 is 0 Å². The van der Waals surface area contributed by atoms with Crippen LogP contribution in [0.5, 0.6) is 0 Å². The monoisotopic (exact) mass is 192 g/mol. The summed E-state index contributed by atoms with van der Waals surface area (Å²) >= 11 is 1.65. The van der Waals surface area contributed by atoms with Crippen molar-refractivity contribution < 1.29 is 19.4 Å². The zero-order valence-corrected chi connectivity index (χ0v) is 7.67. The van der Waals surface area contributed by atoms with Gasteiger partial charge >= 0.3 is 5.97 Å². The third-order valence-corrected chi connectivity index (χ3v) is 2.75. The van der Waals surface area contributed by atoms with Crippen LogP contribution in [0, 0.1) is 0 Å². The van der Waals surface area contributed by atoms with Crippen LogP contribution in [0.3, 0.4) is 0 Å². The molecule has 12 heavy (non-hydrogen) atoms. The first-order valence-corrected chi connectivity index (χ1v) is 4.96. The fourth-order valence-electron chi connectivity index (χ4n) is 1.07. The highest BCUT2D eigenvalue weighted by Crippen LogP contribution is 2.20. The number of aliphatic carboxylic acids is 1. The summed E-state index contributed by atoms with van der Waals surface area (Å²) in [6.45, 7) is 0.940. The van der Waals surface area contributed by atoms with Gasteiger partial charge in [-0.3, -0.25) is 0 Å². The number of ether oxygens (including phenoxy) is 2. The van der Waals surface area contributed by atoms with Crippen molar-refractivity contribution in [2.24, 2.45) is 0 Å². The number of thioether (sulfide) groups is 1. The quantitative estimate of drug-likeness (QED) is 0.690. The number of hydrogen-bond donors (Lipinski definition) is 1. The van der Waals surface area contributed by atoms with Gasteiger partial charge in [-0.1, -0.05) is 0 Å². The average Bonchev–Trinajstić information content (AvgIpc) is 2.47. The van der Waals surface area contributed by atoms with Crippen LogP contribution in [0.25, 0.3) is 0 Å². The molecule has 2 atom stereocenters. The van der Waals surface area contributed by atoms with Crippen molar-refractivity contribution in [1.82, 2.24) is 0 Å². The van der Waals surface area contributed by atoms with E-state index in [4.69, 9.17) is 14.6 Å². The molecule has 0 aromatic carbocycles. The first kappa shape index (κ1) is 9.83. The van der Waals surface area contributed by atoms with Crippen molar-refractivity contribution in [2.75, 3.05) is 26.1 Å². The Bertz CT molecular complexity index is 161. The third kappa shape index (κ3) is 2.66. The van der Waals surface area contributed by atoms with E-state index in [2.05, 4.69) is 0 Å². The van der Waals surface area contributed by atoms with Gasteiger partial charge in [0.2, 0.25) is 0 Å². The van der Waals surface area contributed by atoms with E-state index < -0.39 is 5.97 Å². The van der Waals surface area contributed by atoms with Gasteiger partial charge in [0.25, 0.3) is 0 Å². The van der Waals surface area contributed by atoms with Crippen molar-refractivity contribution in [3.63, 3.8) is 0 Å². The summed E-state index contributed by atoms with van der Waals surface area (Å²) < 4.78 is 10.3. The summed E-state index contributed by atoms with van der Waals surface area (Å²) in [6, 6.07) is 0. The second-order valence-corrected chi connectivity index (χ2v) is 3.63. The van der Waals surface area contributed by atoms with Crippen molar-refractivity contribution >= 4 is 17.7 Å². The highest BCUT2D eigenvalue weighted by atomic mass is 32.2. The van der Waals surface area contributed by atoms with Gasteiger partial charge in [-0.25, -0.2) is 4.79 Å². The van der Waals surface area contributed by atoms with Crippen molar-refractivity contribution in [2.45, 2.75) is 11.4 Å². The molecule has 1 saturated heterocycles. The maximum absolute atomic E-state index is 10.2. The third-order valence-electron chi connectivity index (χ3n) is 1.70. The molecular formula is C7H12O4S. The lowest BCUT2D eigenvalue weighted by molar-refractivity contribution is -0.144. The van der Waals surface area contributed by atoms with E-state index in [9.17, 15) is 4.79 Å². The van der Waals surface area contributed by atoms with Crippen molar-refractivity contribution in [3.05, 3.63) is 0 Å². The molecule has 0 bridgehead atoms. The first-order valence-electron chi connectivity index (χ1n) is 3.68. The van der Waals surface area contributed by atoms with Crippen LogP contribution < -0.4 is 0 Å². The molecule has 70 valence electrons. The van der Waals surface area contributed by atoms with E-state index in [1.807, 2.05) is 6.26 Å². The van der Waals surface area contributed by atoms with E-state index in [1.165, 1.54) is 0 Å². The predicted molar refractivity (Wildman–Crippen MR) is 45.5 cm³/mol. The van der Waals surface area contributed by atoms with Gasteiger partial charge in [0, 0.05) is 0 Å². The van der Waals surface area contributed by atoms with Crippen LogP contribution in [0.15, 0.2) is 0 Å². The van der Waals surface area contributed by atoms with Gasteiger partial charge in [-0.2, -0.15) is 11.8 Å². The number of hydrogen-bond acceptors (Lipinski definition) is 4. The van der Waals surface area contributed by atoms with Gasteiger partial charge in [0.05, 0.1) is 24.6 Å². The van der Waals surface area contributed by atoms with Gasteiger partial charge in [-0.05, 0) is 6.26 Å². The molecule has 0 spiro atoms. The van der Waals surface area contributed by atoms with Crippen LogP contribution in [0.2, 0.25) is 0 Å². The molecule has 4 nitrogen and oxygen atoms in total. The Morgan fingerprint density at radius 2 is 2.50 bits per heavy atom. The number of carbonyl (C=O) groups is 1. The molecule has 0 saturated carbocycles. The zero-order valence-electron chi connectivity index (χ0n) is 6.86. The van der Waals surface area contributed by atoms with Crippen molar-refractivity contribution in [1.29, 1.82) is 0 Å². The molecular weight excluding hydrogens is 180 g/mol. The molecule has 1 heterocycles. The Balaban J connectivity index is 2.26. The van der Waals surface area contributed by atoms with Crippen molar-refractivity contribution in [3.8, 4) is 0 Å². The average molecular weight is 192 g/mol. The highest BCUT2D eigenvalue weighted by Gasteiger charge is 2.28. The number of carboxylic acids is 1. The fraction of sp³-hybridized carbons (Fsp3) is 0.857. The minimum atomic E-state index is -0.929. The molecule has 0 aromatic heterocycles. The van der Waals surface area contributed by atoms with Gasteiger partial charge in [-0.15, -0.1) is 0 Å². The molecule has 1 aliphatic rings. The first-order chi connectivity index (χ1) is 5.74. The van der Waals surface area contributed by atoms with Crippen LogP contribution in [-0.2, 0) is 14.3 Å². The van der Waals surface area contributed by atoms with Crippen LogP contribution in [0.1, 0.15) is 0 Å². The normalized spacial score (nSPS) is 29.1. The lowest BCUT2D eigenvalue weighted by Crippen LogP contribution is -2.26. The predicted octanol–water partition coefficient (Wildman–Crippen LogP) is 0.218. The molecule has 0 aromatic rings. The Hall–Kier alpha value is -0.260. The minimum absolute atomic E-state index is 0.0592. The SMILES string of the molecule is CSC1COC[C@@H]1OCC(=O)O. The summed E-state index contributed by atoms with van der Waals surface area (Å²) in [7, 11) is 0. The molecule has 0 radical (unpaired) electrons. The molecule has 5 heteroatoms. The second-order valence-electron chi connectivity index (χ2n) is 2.55. The maximum atomic E-state index is 10.2. The van der Waals surface area contributed by atoms with Gasteiger partial charge < -0.3 is 14.6 Å². The molecule has 0 amide bonds. The summed E-state index contributed by atoms with van der Waals surface area (Å²) in [5.41, 5.74) is 0. The minimum Gasteiger partial charge on any atom is -0.480 e. The summed E-state index contributed by atoms with van der Waals surface area (Å²) in [5.74, 6) is -0.929. The number of rotatable bonds is 4. The van der Waals surface area contributed by atoms with Gasteiger partial charge in [0.15, 0.2) is 0 Å². The molecule has 1 rings (SSSR count). The highest BCUT2D eigenvalue weighted by molar-refractivity contribution is 7.99. The lowest BCUT2D eigenvalue weighted by Gasteiger charge is -2.14. The van der Waals surface area contributed by atoms with Gasteiger partial charge in [0.1, 0.15) is 6.61 Å². The smallest absolute Gasteiger partial charge is 0.329 e. The Morgan fingerprint density at radius 1 is 1.75 bits per heavy atom. The maximum Gasteiger partial charge on any atom is 0.329 e. The van der Waals surface area contributed by atoms with E-state index in [0.717, 1.165) is 0 Å². The number of carboxylic acid groups (broad SMARTS) is 1. The Kier molecular flexibility index (Phi) is 3.84. The fourth-order valence-corrected chi connectivity index (χ4v) is 1.76. The summed E-state index contributed by atoms with van der Waals surface area (Å²) in [5, 5.41) is 8.64. The zero-order chi connectivity index (χ0) is 8.97. The van der Waals surface area contributed by atoms with Crippen LogP contribution >= 0.6 is 11.8 Å². The summed E-state index contributed by atoms with van der Waals surface area (Å²) in [6.07, 6.45) is 1.91. The second kappa shape index (κ2) is 4.69. The standard InChI is InChI=1S/C7H12O4S/c1-12-6-3-10-2-5(6)11-4-7(8)9/h5-6H,2-4H2,1H3,(H,8,9)/t5-,6?/m0/s1. The molecule has 1 aliphatic heterocycles. The summed E-state index contributed by atoms with van der Waals surface area (Å²) in [4.78, 5) is 10.2. The topological polar surface area (TPSA) is 55.8 Å². The molecule has 1 N–H and O–H groups in total.